The van der Waals surface area contributed by atoms with Crippen LogP contribution in [0.5, 0.6) is 11.5 Å². The summed E-state index contributed by atoms with van der Waals surface area (Å²) in [6, 6.07) is 19.4. The van der Waals surface area contributed by atoms with E-state index in [0.29, 0.717) is 49.0 Å². The predicted molar refractivity (Wildman–Crippen MR) is 152 cm³/mol. The standard InChI is InChI=1S/C30H31N7O3/c1-5-24-27(39-4)28(26-25(32-24)13-10-18-31-26)40-19-20-14-16-21(17-15-20)22-11-8-9-12-23(22)29-33-34-35-37(29)30(38)36(6-2)7-3/h8-18H,5-7,19H2,1-4H3. The maximum Gasteiger partial charge on any atom is 0.348 e. The summed E-state index contributed by atoms with van der Waals surface area (Å²) in [5, 5.41) is 12.0. The highest BCUT2D eigenvalue weighted by Gasteiger charge is 2.22. The fourth-order valence-corrected chi connectivity index (χ4v) is 4.66. The number of benzene rings is 2. The van der Waals surface area contributed by atoms with E-state index in [4.69, 9.17) is 9.47 Å². The molecule has 5 rings (SSSR count). The number of carbonyl (C=O) groups is 1. The quantitative estimate of drug-likeness (QED) is 0.230. The number of carbonyl (C=O) groups excluding carboxylic acids is 1. The molecule has 10 nitrogen and oxygen atoms in total. The van der Waals surface area contributed by atoms with Crippen molar-refractivity contribution in [2.75, 3.05) is 20.2 Å². The molecule has 2 aromatic carbocycles. The normalized spacial score (nSPS) is 11.0. The summed E-state index contributed by atoms with van der Waals surface area (Å²) in [5.41, 5.74) is 5.88. The van der Waals surface area contributed by atoms with Crippen molar-refractivity contribution in [1.82, 2.24) is 35.1 Å². The van der Waals surface area contributed by atoms with Crippen LogP contribution in [0.1, 0.15) is 32.0 Å². The Hall–Kier alpha value is -4.86. The van der Waals surface area contributed by atoms with Crippen LogP contribution in [0.3, 0.4) is 0 Å². The molecule has 10 heteroatoms. The van der Waals surface area contributed by atoms with E-state index in [2.05, 4.69) is 25.5 Å². The van der Waals surface area contributed by atoms with Gasteiger partial charge in [-0.2, -0.15) is 0 Å². The van der Waals surface area contributed by atoms with Crippen molar-refractivity contribution in [2.24, 2.45) is 0 Å². The fraction of sp³-hybridized carbons (Fsp3) is 0.267. The van der Waals surface area contributed by atoms with E-state index in [1.807, 2.05) is 81.4 Å². The second kappa shape index (κ2) is 11.9. The highest BCUT2D eigenvalue weighted by atomic mass is 16.5. The lowest BCUT2D eigenvalue weighted by Crippen LogP contribution is -2.35. The molecule has 0 N–H and O–H groups in total. The molecule has 3 aromatic heterocycles. The minimum Gasteiger partial charge on any atom is -0.491 e. The van der Waals surface area contributed by atoms with Crippen molar-refractivity contribution in [3.63, 3.8) is 0 Å². The Labute approximate surface area is 232 Å². The Kier molecular flexibility index (Phi) is 7.95. The summed E-state index contributed by atoms with van der Waals surface area (Å²) in [4.78, 5) is 23.9. The monoisotopic (exact) mass is 537 g/mol. The molecule has 0 fully saturated rings. The van der Waals surface area contributed by atoms with E-state index in [1.54, 1.807) is 18.2 Å². The van der Waals surface area contributed by atoms with Crippen LogP contribution >= 0.6 is 0 Å². The molecule has 0 saturated heterocycles. The van der Waals surface area contributed by atoms with Gasteiger partial charge in [0.2, 0.25) is 0 Å². The number of fused-ring (bicyclic) bond motifs is 1. The van der Waals surface area contributed by atoms with Crippen molar-refractivity contribution in [3.8, 4) is 34.0 Å². The third kappa shape index (κ3) is 5.07. The zero-order valence-corrected chi connectivity index (χ0v) is 23.0. The Morgan fingerprint density at radius 1 is 0.925 bits per heavy atom. The zero-order chi connectivity index (χ0) is 28.1. The topological polar surface area (TPSA) is 108 Å². The van der Waals surface area contributed by atoms with Crippen LogP contribution in [0.15, 0.2) is 66.9 Å². The molecule has 0 aliphatic heterocycles. The van der Waals surface area contributed by atoms with Crippen LogP contribution < -0.4 is 9.47 Å². The average molecular weight is 538 g/mol. The van der Waals surface area contributed by atoms with E-state index in [9.17, 15) is 4.79 Å². The lowest BCUT2D eigenvalue weighted by Gasteiger charge is -2.18. The Balaban J connectivity index is 1.42. The van der Waals surface area contributed by atoms with Gasteiger partial charge in [0.1, 0.15) is 12.1 Å². The third-order valence-electron chi connectivity index (χ3n) is 6.76. The van der Waals surface area contributed by atoms with Gasteiger partial charge in [-0.3, -0.25) is 4.98 Å². The molecule has 0 saturated carbocycles. The van der Waals surface area contributed by atoms with E-state index >= 15 is 0 Å². The van der Waals surface area contributed by atoms with Gasteiger partial charge in [0.25, 0.3) is 0 Å². The van der Waals surface area contributed by atoms with Crippen LogP contribution in [-0.4, -0.2) is 61.3 Å². The number of nitrogens with zero attached hydrogens (tertiary/aromatic N) is 7. The molecule has 0 spiro atoms. The molecule has 1 amide bonds. The molecule has 204 valence electrons. The van der Waals surface area contributed by atoms with Gasteiger partial charge in [-0.25, -0.2) is 9.78 Å². The second-order valence-corrected chi connectivity index (χ2v) is 9.05. The smallest absolute Gasteiger partial charge is 0.348 e. The Morgan fingerprint density at radius 2 is 1.68 bits per heavy atom. The molecule has 0 bridgehead atoms. The molecule has 5 aromatic rings. The zero-order valence-electron chi connectivity index (χ0n) is 23.0. The summed E-state index contributed by atoms with van der Waals surface area (Å²) < 4.78 is 13.2. The van der Waals surface area contributed by atoms with E-state index in [-0.39, 0.29) is 6.03 Å². The van der Waals surface area contributed by atoms with Crippen molar-refractivity contribution in [1.29, 1.82) is 0 Å². The van der Waals surface area contributed by atoms with Gasteiger partial charge in [0.15, 0.2) is 17.3 Å². The van der Waals surface area contributed by atoms with Crippen molar-refractivity contribution in [2.45, 2.75) is 33.8 Å². The van der Waals surface area contributed by atoms with Crippen LogP contribution in [0.2, 0.25) is 0 Å². The van der Waals surface area contributed by atoms with Crippen molar-refractivity contribution >= 4 is 17.1 Å². The number of aromatic nitrogens is 6. The predicted octanol–water partition coefficient (Wildman–Crippen LogP) is 5.41. The lowest BCUT2D eigenvalue weighted by molar-refractivity contribution is 0.201. The number of ether oxygens (including phenoxy) is 2. The highest BCUT2D eigenvalue weighted by molar-refractivity contribution is 5.86. The number of aryl methyl sites for hydroxylation is 1. The summed E-state index contributed by atoms with van der Waals surface area (Å²) in [6.07, 6.45) is 2.43. The van der Waals surface area contributed by atoms with Gasteiger partial charge in [-0.05, 0) is 59.5 Å². The van der Waals surface area contributed by atoms with E-state index < -0.39 is 0 Å². The number of pyridine rings is 2. The van der Waals surface area contributed by atoms with Crippen molar-refractivity contribution < 1.29 is 14.3 Å². The number of hydrogen-bond donors (Lipinski definition) is 0. The van der Waals surface area contributed by atoms with E-state index in [1.165, 1.54) is 4.68 Å². The average Bonchev–Trinajstić information content (AvgIpc) is 3.50. The summed E-state index contributed by atoms with van der Waals surface area (Å²) in [7, 11) is 1.62. The maximum absolute atomic E-state index is 13.0. The lowest BCUT2D eigenvalue weighted by atomic mass is 9.98. The van der Waals surface area contributed by atoms with Crippen molar-refractivity contribution in [3.05, 3.63) is 78.1 Å². The molecule has 0 atom stereocenters. The number of tetrazole rings is 1. The molecular formula is C30H31N7O3. The largest absolute Gasteiger partial charge is 0.491 e. The van der Waals surface area contributed by atoms with Gasteiger partial charge in [0.05, 0.1) is 18.3 Å². The van der Waals surface area contributed by atoms with Gasteiger partial charge in [0, 0.05) is 24.8 Å². The Bertz CT molecular complexity index is 1630. The van der Waals surface area contributed by atoms with Crippen LogP contribution in [0, 0.1) is 0 Å². The first-order valence-electron chi connectivity index (χ1n) is 13.3. The summed E-state index contributed by atoms with van der Waals surface area (Å²) in [5.74, 6) is 1.59. The number of hydrogen-bond acceptors (Lipinski definition) is 8. The first-order chi connectivity index (χ1) is 19.6. The molecule has 40 heavy (non-hydrogen) atoms. The van der Waals surface area contributed by atoms with Crippen LogP contribution in [0.4, 0.5) is 4.79 Å². The molecule has 3 heterocycles. The molecule has 0 radical (unpaired) electrons. The summed E-state index contributed by atoms with van der Waals surface area (Å²) >= 11 is 0. The van der Waals surface area contributed by atoms with Crippen LogP contribution in [0.25, 0.3) is 33.5 Å². The molecule has 0 unspecified atom stereocenters. The SMILES string of the molecule is CCc1nc2cccnc2c(OCc2ccc(-c3ccccc3-c3nnnn3C(=O)N(CC)CC)cc2)c1OC. The minimum absolute atomic E-state index is 0.257. The van der Waals surface area contributed by atoms with Gasteiger partial charge < -0.3 is 14.4 Å². The Morgan fingerprint density at radius 3 is 2.38 bits per heavy atom. The number of amides is 1. The summed E-state index contributed by atoms with van der Waals surface area (Å²) in [6.45, 7) is 7.35. The third-order valence-corrected chi connectivity index (χ3v) is 6.76. The molecule has 0 aliphatic rings. The highest BCUT2D eigenvalue weighted by Crippen LogP contribution is 2.37. The molecular weight excluding hydrogens is 506 g/mol. The number of methoxy groups -OCH3 is 1. The number of rotatable bonds is 9. The van der Waals surface area contributed by atoms with Gasteiger partial charge in [-0.15, -0.1) is 9.78 Å². The second-order valence-electron chi connectivity index (χ2n) is 9.05. The van der Waals surface area contributed by atoms with Gasteiger partial charge in [-0.1, -0.05) is 55.5 Å². The minimum atomic E-state index is -0.257. The molecule has 0 aliphatic carbocycles. The van der Waals surface area contributed by atoms with E-state index in [0.717, 1.165) is 33.5 Å². The first kappa shape index (κ1) is 26.7. The first-order valence-corrected chi connectivity index (χ1v) is 13.3. The maximum atomic E-state index is 13.0. The fourth-order valence-electron chi connectivity index (χ4n) is 4.66. The van der Waals surface area contributed by atoms with Crippen LogP contribution in [-0.2, 0) is 13.0 Å². The van der Waals surface area contributed by atoms with Gasteiger partial charge >= 0.3 is 6.03 Å².